The molecule has 5 rings (SSSR count). The molecule has 1 aromatic carbocycles. The van der Waals surface area contributed by atoms with Crippen molar-refractivity contribution in [1.29, 1.82) is 0 Å². The van der Waals surface area contributed by atoms with Crippen LogP contribution in [0.1, 0.15) is 42.8 Å². The highest BCUT2D eigenvalue weighted by atomic mass is 19.1. The Morgan fingerprint density at radius 1 is 1.12 bits per heavy atom. The lowest BCUT2D eigenvalue weighted by atomic mass is 9.99. The van der Waals surface area contributed by atoms with Crippen molar-refractivity contribution in [3.63, 3.8) is 0 Å². The molecule has 216 valence electrons. The van der Waals surface area contributed by atoms with E-state index in [1.54, 1.807) is 32.0 Å². The highest BCUT2D eigenvalue weighted by Crippen LogP contribution is 2.37. The van der Waals surface area contributed by atoms with Crippen molar-refractivity contribution < 1.29 is 38.6 Å². The van der Waals surface area contributed by atoms with Crippen LogP contribution in [0.2, 0.25) is 0 Å². The Morgan fingerprint density at radius 2 is 1.77 bits per heavy atom. The molecule has 14 heteroatoms. The molecule has 40 heavy (non-hydrogen) atoms. The van der Waals surface area contributed by atoms with E-state index in [9.17, 15) is 14.3 Å². The van der Waals surface area contributed by atoms with Gasteiger partial charge < -0.3 is 24.6 Å². The minimum Gasteiger partial charge on any atom is -0.473 e. The third-order valence-corrected chi connectivity index (χ3v) is 7.10. The Kier molecular flexibility index (Phi) is 9.12. The number of aliphatic hydroxyl groups excluding tert-OH is 1. The van der Waals surface area contributed by atoms with Gasteiger partial charge in [0.25, 0.3) is 0 Å². The van der Waals surface area contributed by atoms with Crippen molar-refractivity contribution in [2.45, 2.75) is 77.0 Å². The number of ether oxygens (including phenoxy) is 1. The third kappa shape index (κ3) is 6.81. The summed E-state index contributed by atoms with van der Waals surface area (Å²) in [6.45, 7) is 4.34. The summed E-state index contributed by atoms with van der Waals surface area (Å²) in [6, 6.07) is 9.00. The molecule has 0 saturated carbocycles. The first kappa shape index (κ1) is 29.1. The van der Waals surface area contributed by atoms with Gasteiger partial charge >= 0.3 is 17.6 Å². The van der Waals surface area contributed by atoms with Crippen LogP contribution in [0.5, 0.6) is 0 Å². The number of hydrogen-bond donors (Lipinski definition) is 3. The van der Waals surface area contributed by atoms with Crippen LogP contribution in [0.25, 0.3) is 5.88 Å². The molecule has 2 aliphatic heterocycles. The number of carbonyl (C=O) groups is 2. The van der Waals surface area contributed by atoms with Crippen molar-refractivity contribution in [2.24, 2.45) is 0 Å². The second-order valence-electron chi connectivity index (χ2n) is 10.00. The summed E-state index contributed by atoms with van der Waals surface area (Å²) < 4.78 is 27.8. The Bertz CT molecular complexity index is 1380. The SMILES string of the molecule is Cc1cc(-n2c(C)nn(CC(O)CN3C4CCC3CC(OCc3ccccc3F)C4)c2=O)on1.O=C(O)C(=O)O. The lowest BCUT2D eigenvalue weighted by Crippen LogP contribution is -2.49. The minimum atomic E-state index is -1.82. The normalized spacial score (nSPS) is 21.1. The van der Waals surface area contributed by atoms with Crippen molar-refractivity contribution >= 4 is 11.9 Å². The van der Waals surface area contributed by atoms with Crippen molar-refractivity contribution in [2.75, 3.05) is 6.54 Å². The predicted octanol–water partition coefficient (Wildman–Crippen LogP) is 1.51. The molecule has 2 saturated heterocycles. The molecule has 0 radical (unpaired) electrons. The Morgan fingerprint density at radius 3 is 2.35 bits per heavy atom. The van der Waals surface area contributed by atoms with Gasteiger partial charge in [-0.3, -0.25) is 4.90 Å². The van der Waals surface area contributed by atoms with Crippen LogP contribution in [0.15, 0.2) is 39.6 Å². The van der Waals surface area contributed by atoms with Gasteiger partial charge in [-0.05, 0) is 45.6 Å². The monoisotopic (exact) mass is 561 g/mol. The lowest BCUT2D eigenvalue weighted by Gasteiger charge is -2.39. The van der Waals surface area contributed by atoms with Gasteiger partial charge in [0.1, 0.15) is 11.6 Å². The fraction of sp³-hybridized carbons (Fsp3) is 0.500. The van der Waals surface area contributed by atoms with E-state index in [2.05, 4.69) is 15.2 Å². The van der Waals surface area contributed by atoms with Gasteiger partial charge in [-0.25, -0.2) is 28.0 Å². The van der Waals surface area contributed by atoms with Gasteiger partial charge in [0, 0.05) is 30.3 Å². The summed E-state index contributed by atoms with van der Waals surface area (Å²) in [6.07, 6.45) is 3.16. The summed E-state index contributed by atoms with van der Waals surface area (Å²) in [5.74, 6) is -3.10. The number of piperidine rings is 1. The number of aliphatic carboxylic acids is 2. The van der Waals surface area contributed by atoms with E-state index in [0.717, 1.165) is 25.7 Å². The van der Waals surface area contributed by atoms with Gasteiger partial charge in [-0.2, -0.15) is 5.10 Å². The second-order valence-corrected chi connectivity index (χ2v) is 10.00. The molecule has 13 nitrogen and oxygen atoms in total. The van der Waals surface area contributed by atoms with Gasteiger partial charge in [0.05, 0.1) is 31.1 Å². The van der Waals surface area contributed by atoms with Crippen molar-refractivity contribution in [3.05, 3.63) is 63.7 Å². The lowest BCUT2D eigenvalue weighted by molar-refractivity contribution is -0.159. The molecular formula is C26H32FN5O8. The van der Waals surface area contributed by atoms with Crippen LogP contribution in [-0.4, -0.2) is 82.5 Å². The van der Waals surface area contributed by atoms with E-state index in [1.165, 1.54) is 15.3 Å². The highest BCUT2D eigenvalue weighted by molar-refractivity contribution is 6.27. The fourth-order valence-corrected chi connectivity index (χ4v) is 5.33. The molecular weight excluding hydrogens is 529 g/mol. The minimum absolute atomic E-state index is 0.0804. The summed E-state index contributed by atoms with van der Waals surface area (Å²) >= 11 is 0. The van der Waals surface area contributed by atoms with Gasteiger partial charge in [-0.1, -0.05) is 23.4 Å². The topological polar surface area (TPSA) is 173 Å². The van der Waals surface area contributed by atoms with Crippen LogP contribution in [0, 0.1) is 19.7 Å². The standard InChI is InChI=1S/C24H30FN5O4.C2H2O4/c1-15-9-23(34-27-15)30-16(2)26-29(24(30)32)13-20(31)12-28-18-7-8-19(28)11-21(10-18)33-14-17-5-3-4-6-22(17)25;3-1(4)2(5)6/h3-6,9,18-21,31H,7-8,10-14H2,1-2H3;(H,3,4)(H,5,6). The first-order chi connectivity index (χ1) is 19.0. The third-order valence-electron chi connectivity index (χ3n) is 7.10. The molecule has 3 N–H and O–H groups in total. The molecule has 4 heterocycles. The van der Waals surface area contributed by atoms with Gasteiger partial charge in [0.15, 0.2) is 0 Å². The molecule has 2 bridgehead atoms. The van der Waals surface area contributed by atoms with Crippen LogP contribution < -0.4 is 5.69 Å². The molecule has 3 unspecified atom stereocenters. The zero-order valence-corrected chi connectivity index (χ0v) is 22.1. The zero-order chi connectivity index (χ0) is 29.0. The number of aromatic nitrogens is 4. The number of aliphatic hydroxyl groups is 1. The van der Waals surface area contributed by atoms with E-state index < -0.39 is 18.0 Å². The van der Waals surface area contributed by atoms with Crippen LogP contribution in [0.3, 0.4) is 0 Å². The maximum atomic E-state index is 13.9. The van der Waals surface area contributed by atoms with Crippen LogP contribution in [-0.2, 0) is 27.5 Å². The maximum Gasteiger partial charge on any atom is 0.414 e. The first-order valence-corrected chi connectivity index (χ1v) is 12.9. The number of aryl methyl sites for hydroxylation is 2. The Labute approximate surface area is 228 Å². The number of carboxylic acids is 2. The van der Waals surface area contributed by atoms with E-state index in [-0.39, 0.29) is 30.8 Å². The number of nitrogens with zero attached hydrogens (tertiary/aromatic N) is 5. The predicted molar refractivity (Wildman–Crippen MR) is 136 cm³/mol. The number of carboxylic acid groups (broad SMARTS) is 2. The quantitative estimate of drug-likeness (QED) is 0.340. The average molecular weight is 562 g/mol. The summed E-state index contributed by atoms with van der Waals surface area (Å²) in [7, 11) is 0. The van der Waals surface area contributed by atoms with E-state index in [1.807, 2.05) is 6.07 Å². The first-order valence-electron chi connectivity index (χ1n) is 12.9. The number of fused-ring (bicyclic) bond motifs is 2. The highest BCUT2D eigenvalue weighted by Gasteiger charge is 2.41. The number of rotatable bonds is 8. The zero-order valence-electron chi connectivity index (χ0n) is 22.1. The Hall–Kier alpha value is -3.88. The second kappa shape index (κ2) is 12.5. The largest absolute Gasteiger partial charge is 0.473 e. The summed E-state index contributed by atoms with van der Waals surface area (Å²) in [5, 5.41) is 33.7. The number of benzene rings is 1. The van der Waals surface area contributed by atoms with E-state index >= 15 is 0 Å². The van der Waals surface area contributed by atoms with Crippen molar-refractivity contribution in [1.82, 2.24) is 24.4 Å². The number of halogens is 1. The fourth-order valence-electron chi connectivity index (χ4n) is 5.33. The summed E-state index contributed by atoms with van der Waals surface area (Å²) in [4.78, 5) is 33.4. The molecule has 3 atom stereocenters. The van der Waals surface area contributed by atoms with E-state index in [0.29, 0.717) is 41.6 Å². The van der Waals surface area contributed by atoms with Gasteiger partial charge in [-0.15, -0.1) is 0 Å². The maximum absolute atomic E-state index is 13.9. The molecule has 2 aliphatic rings. The Balaban J connectivity index is 0.000000557. The molecule has 0 amide bonds. The molecule has 2 fully saturated rings. The average Bonchev–Trinajstić information content (AvgIpc) is 3.50. The van der Waals surface area contributed by atoms with E-state index in [4.69, 9.17) is 29.1 Å². The smallest absolute Gasteiger partial charge is 0.414 e. The van der Waals surface area contributed by atoms with Crippen LogP contribution in [0.4, 0.5) is 4.39 Å². The molecule has 0 spiro atoms. The van der Waals surface area contributed by atoms with Crippen molar-refractivity contribution in [3.8, 4) is 5.88 Å². The summed E-state index contributed by atoms with van der Waals surface area (Å²) in [5.41, 5.74) is 0.884. The molecule has 3 aromatic rings. The number of hydrogen-bond acceptors (Lipinski definition) is 9. The molecule has 0 aliphatic carbocycles. The molecule has 2 aromatic heterocycles. The van der Waals surface area contributed by atoms with Crippen LogP contribution >= 0.6 is 0 Å². The van der Waals surface area contributed by atoms with Gasteiger partial charge in [0.2, 0.25) is 5.88 Å².